The number of nitrogens with one attached hydrogen (secondary N) is 1. The Labute approximate surface area is 168 Å². The SMILES string of the molecule is Cc1ccc(NN2C(=O)c3cccc4c(Br)c([N+](=O)[O-])cc(c34)C2=O)cc1C. The minimum Gasteiger partial charge on any atom is -0.288 e. The highest BCUT2D eigenvalue weighted by molar-refractivity contribution is 9.10. The minimum atomic E-state index is -0.637. The summed E-state index contributed by atoms with van der Waals surface area (Å²) in [7, 11) is 0. The molecule has 7 nitrogen and oxygen atoms in total. The van der Waals surface area contributed by atoms with Crippen molar-refractivity contribution in [1.82, 2.24) is 5.01 Å². The lowest BCUT2D eigenvalue weighted by Crippen LogP contribution is -2.44. The van der Waals surface area contributed by atoms with Crippen LogP contribution in [0.4, 0.5) is 11.4 Å². The number of benzene rings is 3. The first-order chi connectivity index (χ1) is 13.3. The Kier molecular flexibility index (Phi) is 4.15. The minimum absolute atomic E-state index is 0.108. The van der Waals surface area contributed by atoms with Crippen LogP contribution in [0, 0.1) is 24.0 Å². The maximum atomic E-state index is 13.1. The van der Waals surface area contributed by atoms with Crippen LogP contribution >= 0.6 is 15.9 Å². The molecule has 0 spiro atoms. The van der Waals surface area contributed by atoms with Gasteiger partial charge < -0.3 is 0 Å². The van der Waals surface area contributed by atoms with Crippen LogP contribution in [0.2, 0.25) is 0 Å². The molecular weight excluding hydrogens is 426 g/mol. The van der Waals surface area contributed by atoms with E-state index in [4.69, 9.17) is 0 Å². The molecule has 0 aromatic heterocycles. The number of hydrazine groups is 1. The van der Waals surface area contributed by atoms with Crippen LogP contribution in [-0.4, -0.2) is 21.7 Å². The number of amides is 2. The van der Waals surface area contributed by atoms with Crippen LogP contribution in [0.5, 0.6) is 0 Å². The Morgan fingerprint density at radius 3 is 2.39 bits per heavy atom. The third-order valence-electron chi connectivity index (χ3n) is 4.89. The largest absolute Gasteiger partial charge is 0.288 e. The summed E-state index contributed by atoms with van der Waals surface area (Å²) in [6.45, 7) is 3.89. The van der Waals surface area contributed by atoms with Crippen molar-refractivity contribution < 1.29 is 14.5 Å². The molecule has 0 bridgehead atoms. The fourth-order valence-electron chi connectivity index (χ4n) is 3.29. The molecule has 0 atom stereocenters. The Balaban J connectivity index is 1.88. The van der Waals surface area contributed by atoms with E-state index >= 15 is 0 Å². The van der Waals surface area contributed by atoms with Gasteiger partial charge in [-0.2, -0.15) is 5.01 Å². The molecule has 0 saturated heterocycles. The molecule has 3 aromatic carbocycles. The van der Waals surface area contributed by atoms with Gasteiger partial charge >= 0.3 is 0 Å². The molecule has 1 N–H and O–H groups in total. The first kappa shape index (κ1) is 18.1. The third-order valence-corrected chi connectivity index (χ3v) is 5.72. The summed E-state index contributed by atoms with van der Waals surface area (Å²) >= 11 is 3.23. The first-order valence-corrected chi connectivity index (χ1v) is 9.21. The number of carbonyl (C=O) groups excluding carboxylic acids is 2. The highest BCUT2D eigenvalue weighted by Gasteiger charge is 2.36. The van der Waals surface area contributed by atoms with E-state index in [1.165, 1.54) is 6.07 Å². The van der Waals surface area contributed by atoms with Crippen molar-refractivity contribution in [2.45, 2.75) is 13.8 Å². The lowest BCUT2D eigenvalue weighted by molar-refractivity contribution is -0.385. The molecule has 1 aliphatic rings. The highest BCUT2D eigenvalue weighted by atomic mass is 79.9. The molecule has 28 heavy (non-hydrogen) atoms. The van der Waals surface area contributed by atoms with E-state index in [0.29, 0.717) is 22.0 Å². The monoisotopic (exact) mass is 439 g/mol. The maximum absolute atomic E-state index is 13.1. The maximum Gasteiger partial charge on any atom is 0.284 e. The van der Waals surface area contributed by atoms with Gasteiger partial charge in [0.05, 0.1) is 21.7 Å². The van der Waals surface area contributed by atoms with E-state index in [1.54, 1.807) is 24.3 Å². The number of hydrogen-bond donors (Lipinski definition) is 1. The predicted molar refractivity (Wildman–Crippen MR) is 108 cm³/mol. The van der Waals surface area contributed by atoms with E-state index in [2.05, 4.69) is 21.4 Å². The number of carbonyl (C=O) groups is 2. The van der Waals surface area contributed by atoms with E-state index < -0.39 is 16.7 Å². The number of imide groups is 1. The molecule has 0 fully saturated rings. The number of anilines is 1. The van der Waals surface area contributed by atoms with Gasteiger partial charge in [-0.15, -0.1) is 0 Å². The van der Waals surface area contributed by atoms with Gasteiger partial charge in [-0.3, -0.25) is 25.1 Å². The number of nitrogens with zero attached hydrogens (tertiary/aromatic N) is 2. The van der Waals surface area contributed by atoms with Crippen molar-refractivity contribution in [3.63, 3.8) is 0 Å². The fourth-order valence-corrected chi connectivity index (χ4v) is 3.88. The molecular formula is C20H14BrN3O4. The Bertz CT molecular complexity index is 1210. The summed E-state index contributed by atoms with van der Waals surface area (Å²) in [4.78, 5) is 36.9. The second-order valence-electron chi connectivity index (χ2n) is 6.60. The van der Waals surface area contributed by atoms with Crippen LogP contribution in [0.25, 0.3) is 10.8 Å². The molecule has 0 saturated carbocycles. The molecule has 4 rings (SSSR count). The van der Waals surface area contributed by atoms with Gasteiger partial charge in [0.2, 0.25) is 0 Å². The van der Waals surface area contributed by atoms with Crippen LogP contribution in [0.15, 0.2) is 46.9 Å². The first-order valence-electron chi connectivity index (χ1n) is 8.42. The summed E-state index contributed by atoms with van der Waals surface area (Å²) in [5.74, 6) is -1.15. The van der Waals surface area contributed by atoms with Gasteiger partial charge in [-0.25, -0.2) is 0 Å². The van der Waals surface area contributed by atoms with Crippen molar-refractivity contribution in [3.05, 3.63) is 79.3 Å². The molecule has 1 heterocycles. The fraction of sp³-hybridized carbons (Fsp3) is 0.100. The van der Waals surface area contributed by atoms with Crippen LogP contribution in [0.1, 0.15) is 31.8 Å². The highest BCUT2D eigenvalue weighted by Crippen LogP contribution is 2.39. The molecule has 140 valence electrons. The standard InChI is InChI=1S/C20H14BrN3O4/c1-10-6-7-12(8-11(10)2)22-23-19(25)14-5-3-4-13-17(14)15(20(23)26)9-16(18(13)21)24(27)28/h3-9,22H,1-2H3. The number of rotatable bonds is 3. The molecule has 0 aliphatic carbocycles. The zero-order chi connectivity index (χ0) is 20.2. The molecule has 2 amide bonds. The van der Waals surface area contributed by atoms with Crippen LogP contribution < -0.4 is 5.43 Å². The van der Waals surface area contributed by atoms with Gasteiger partial charge in [0.25, 0.3) is 17.5 Å². The molecule has 0 radical (unpaired) electrons. The van der Waals surface area contributed by atoms with Crippen molar-refractivity contribution in [2.75, 3.05) is 5.43 Å². The number of hydrogen-bond acceptors (Lipinski definition) is 5. The van der Waals surface area contributed by atoms with Crippen LogP contribution in [0.3, 0.4) is 0 Å². The smallest absolute Gasteiger partial charge is 0.284 e. The summed E-state index contributed by atoms with van der Waals surface area (Å²) < 4.78 is 0.245. The van der Waals surface area contributed by atoms with Gasteiger partial charge in [-0.1, -0.05) is 18.2 Å². The van der Waals surface area contributed by atoms with E-state index in [9.17, 15) is 19.7 Å². The van der Waals surface area contributed by atoms with E-state index in [1.807, 2.05) is 26.0 Å². The number of nitro groups is 1. The topological polar surface area (TPSA) is 92.6 Å². The lowest BCUT2D eigenvalue weighted by atomic mass is 9.94. The second-order valence-corrected chi connectivity index (χ2v) is 7.39. The second kappa shape index (κ2) is 6.42. The van der Waals surface area contributed by atoms with E-state index in [-0.39, 0.29) is 15.7 Å². The lowest BCUT2D eigenvalue weighted by Gasteiger charge is -2.28. The zero-order valence-electron chi connectivity index (χ0n) is 14.9. The van der Waals surface area contributed by atoms with Crippen molar-refractivity contribution in [1.29, 1.82) is 0 Å². The third kappa shape index (κ3) is 2.65. The summed E-state index contributed by atoms with van der Waals surface area (Å²) in [6, 6.07) is 11.6. The van der Waals surface area contributed by atoms with Gasteiger partial charge in [0, 0.05) is 16.8 Å². The summed E-state index contributed by atoms with van der Waals surface area (Å²) in [5.41, 5.74) is 5.69. The van der Waals surface area contributed by atoms with E-state index in [0.717, 1.165) is 16.1 Å². The number of halogens is 1. The van der Waals surface area contributed by atoms with Gasteiger partial charge in [-0.05, 0) is 59.1 Å². The summed E-state index contributed by atoms with van der Waals surface area (Å²) in [6.07, 6.45) is 0. The summed E-state index contributed by atoms with van der Waals surface area (Å²) in [5, 5.41) is 13.2. The Morgan fingerprint density at radius 1 is 1.00 bits per heavy atom. The van der Waals surface area contributed by atoms with Crippen molar-refractivity contribution in [2.24, 2.45) is 0 Å². The number of nitro benzene ring substituents is 1. The molecule has 3 aromatic rings. The van der Waals surface area contributed by atoms with Crippen LogP contribution in [-0.2, 0) is 0 Å². The quantitative estimate of drug-likeness (QED) is 0.361. The Morgan fingerprint density at radius 2 is 1.71 bits per heavy atom. The van der Waals surface area contributed by atoms with Gasteiger partial charge in [0.1, 0.15) is 4.47 Å². The normalized spacial score (nSPS) is 13.2. The predicted octanol–water partition coefficient (Wildman–Crippen LogP) is 4.75. The van der Waals surface area contributed by atoms with Crippen molar-refractivity contribution >= 4 is 49.9 Å². The van der Waals surface area contributed by atoms with Gasteiger partial charge in [0.15, 0.2) is 0 Å². The zero-order valence-corrected chi connectivity index (χ0v) is 16.5. The molecule has 0 unspecified atom stereocenters. The molecule has 8 heteroatoms. The Hall–Kier alpha value is -3.26. The number of aryl methyl sites for hydroxylation is 2. The molecule has 1 aliphatic heterocycles. The average molecular weight is 440 g/mol. The average Bonchev–Trinajstić information content (AvgIpc) is 2.66. The van der Waals surface area contributed by atoms with Crippen molar-refractivity contribution in [3.8, 4) is 0 Å².